The smallest absolute Gasteiger partial charge is 0.0766 e. The molecule has 0 aromatic carbocycles. The average Bonchev–Trinajstić information content (AvgIpc) is 2.77. The van der Waals surface area contributed by atoms with Crippen LogP contribution in [-0.2, 0) is 6.42 Å². The SMILES string of the molecule is Nc1ccnc(CCCN2CCCC2)c1N. The van der Waals surface area contributed by atoms with E-state index < -0.39 is 0 Å². The van der Waals surface area contributed by atoms with Crippen molar-refractivity contribution in [2.75, 3.05) is 31.1 Å². The number of nitrogens with two attached hydrogens (primary N) is 2. The maximum absolute atomic E-state index is 5.88. The Morgan fingerprint density at radius 2 is 2.00 bits per heavy atom. The standard InChI is InChI=1S/C12H20N4/c13-10-5-6-15-11(12(10)14)4-3-9-16-7-1-2-8-16/h5-6H,1-4,7-9,14H2,(H2,13,15). The normalized spacial score (nSPS) is 16.8. The second-order valence-corrected chi connectivity index (χ2v) is 4.41. The number of aryl methyl sites for hydroxylation is 1. The number of aromatic nitrogens is 1. The van der Waals surface area contributed by atoms with Crippen LogP contribution in [0.1, 0.15) is 25.0 Å². The monoisotopic (exact) mass is 220 g/mol. The van der Waals surface area contributed by atoms with Crippen molar-refractivity contribution >= 4 is 11.4 Å². The minimum atomic E-state index is 0.645. The van der Waals surface area contributed by atoms with Crippen LogP contribution in [0.15, 0.2) is 12.3 Å². The Bertz CT molecular complexity index is 345. The molecule has 4 N–H and O–H groups in total. The molecule has 0 aliphatic carbocycles. The van der Waals surface area contributed by atoms with E-state index in [1.165, 1.54) is 25.9 Å². The molecule has 1 aliphatic heterocycles. The van der Waals surface area contributed by atoms with E-state index in [9.17, 15) is 0 Å². The van der Waals surface area contributed by atoms with Gasteiger partial charge in [0, 0.05) is 6.20 Å². The number of rotatable bonds is 4. The van der Waals surface area contributed by atoms with E-state index in [0.717, 1.165) is 25.1 Å². The van der Waals surface area contributed by atoms with Crippen LogP contribution in [0.3, 0.4) is 0 Å². The Morgan fingerprint density at radius 1 is 1.25 bits per heavy atom. The molecule has 0 bridgehead atoms. The van der Waals surface area contributed by atoms with Gasteiger partial charge in [0.05, 0.1) is 17.1 Å². The highest BCUT2D eigenvalue weighted by molar-refractivity contribution is 5.64. The van der Waals surface area contributed by atoms with Crippen LogP contribution in [0.5, 0.6) is 0 Å². The molecule has 0 atom stereocenters. The van der Waals surface area contributed by atoms with Gasteiger partial charge in [0.15, 0.2) is 0 Å². The summed E-state index contributed by atoms with van der Waals surface area (Å²) in [4.78, 5) is 6.78. The Balaban J connectivity index is 1.82. The molecule has 0 radical (unpaired) electrons. The third kappa shape index (κ3) is 2.64. The van der Waals surface area contributed by atoms with E-state index in [4.69, 9.17) is 11.5 Å². The minimum absolute atomic E-state index is 0.645. The molecule has 1 aromatic rings. The van der Waals surface area contributed by atoms with Crippen LogP contribution in [0.4, 0.5) is 11.4 Å². The van der Waals surface area contributed by atoms with Crippen molar-refractivity contribution in [3.63, 3.8) is 0 Å². The van der Waals surface area contributed by atoms with Gasteiger partial charge in [-0.3, -0.25) is 4.98 Å². The molecule has 2 rings (SSSR count). The van der Waals surface area contributed by atoms with Gasteiger partial charge in [0.1, 0.15) is 0 Å². The van der Waals surface area contributed by atoms with Crippen molar-refractivity contribution in [3.05, 3.63) is 18.0 Å². The van der Waals surface area contributed by atoms with Crippen molar-refractivity contribution in [1.29, 1.82) is 0 Å². The van der Waals surface area contributed by atoms with Crippen molar-refractivity contribution < 1.29 is 0 Å². The molecule has 4 nitrogen and oxygen atoms in total. The summed E-state index contributed by atoms with van der Waals surface area (Å²) in [6, 6.07) is 1.75. The zero-order valence-corrected chi connectivity index (χ0v) is 9.65. The van der Waals surface area contributed by atoms with E-state index in [0.29, 0.717) is 11.4 Å². The van der Waals surface area contributed by atoms with Crippen LogP contribution >= 0.6 is 0 Å². The fourth-order valence-electron chi connectivity index (χ4n) is 2.21. The second kappa shape index (κ2) is 5.16. The van der Waals surface area contributed by atoms with Gasteiger partial charge in [0.25, 0.3) is 0 Å². The number of hydrogen-bond donors (Lipinski definition) is 2. The first kappa shape index (κ1) is 11.2. The number of hydrogen-bond acceptors (Lipinski definition) is 4. The topological polar surface area (TPSA) is 68.2 Å². The molecule has 1 aromatic heterocycles. The third-order valence-electron chi connectivity index (χ3n) is 3.19. The molecule has 88 valence electrons. The third-order valence-corrected chi connectivity index (χ3v) is 3.19. The predicted octanol–water partition coefficient (Wildman–Crippen LogP) is 1.27. The van der Waals surface area contributed by atoms with E-state index in [1.54, 1.807) is 12.3 Å². The maximum atomic E-state index is 5.88. The number of likely N-dealkylation sites (tertiary alicyclic amines) is 1. The second-order valence-electron chi connectivity index (χ2n) is 4.41. The molecule has 0 amide bonds. The Hall–Kier alpha value is -1.29. The van der Waals surface area contributed by atoms with Crippen LogP contribution in [0.2, 0.25) is 0 Å². The van der Waals surface area contributed by atoms with E-state index in [-0.39, 0.29) is 0 Å². The Labute approximate surface area is 96.6 Å². The molecule has 2 heterocycles. The molecule has 0 saturated carbocycles. The highest BCUT2D eigenvalue weighted by atomic mass is 15.1. The lowest BCUT2D eigenvalue weighted by Gasteiger charge is -2.14. The number of nitrogens with zero attached hydrogens (tertiary/aromatic N) is 2. The summed E-state index contributed by atoms with van der Waals surface area (Å²) >= 11 is 0. The number of nitrogen functional groups attached to an aromatic ring is 2. The van der Waals surface area contributed by atoms with Crippen molar-refractivity contribution in [2.45, 2.75) is 25.7 Å². The molecule has 16 heavy (non-hydrogen) atoms. The van der Waals surface area contributed by atoms with Crippen LogP contribution in [0.25, 0.3) is 0 Å². The maximum Gasteiger partial charge on any atom is 0.0766 e. The molecule has 4 heteroatoms. The van der Waals surface area contributed by atoms with Gasteiger partial charge in [-0.2, -0.15) is 0 Å². The van der Waals surface area contributed by atoms with Gasteiger partial charge < -0.3 is 16.4 Å². The summed E-state index contributed by atoms with van der Waals surface area (Å²) in [7, 11) is 0. The van der Waals surface area contributed by atoms with Gasteiger partial charge in [-0.1, -0.05) is 0 Å². The molecular formula is C12H20N4. The first-order chi connectivity index (χ1) is 7.77. The fourth-order valence-corrected chi connectivity index (χ4v) is 2.21. The molecular weight excluding hydrogens is 200 g/mol. The number of anilines is 2. The summed E-state index contributed by atoms with van der Waals surface area (Å²) in [6.45, 7) is 3.65. The largest absolute Gasteiger partial charge is 0.397 e. The van der Waals surface area contributed by atoms with Gasteiger partial charge in [-0.05, 0) is 51.4 Å². The molecule has 1 aliphatic rings. The van der Waals surface area contributed by atoms with Crippen molar-refractivity contribution in [1.82, 2.24) is 9.88 Å². The van der Waals surface area contributed by atoms with E-state index >= 15 is 0 Å². The lowest BCUT2D eigenvalue weighted by atomic mass is 10.1. The van der Waals surface area contributed by atoms with Crippen LogP contribution < -0.4 is 11.5 Å². The summed E-state index contributed by atoms with van der Waals surface area (Å²) in [5.41, 5.74) is 13.9. The molecule has 1 fully saturated rings. The Morgan fingerprint density at radius 3 is 2.75 bits per heavy atom. The van der Waals surface area contributed by atoms with Gasteiger partial charge >= 0.3 is 0 Å². The summed E-state index contributed by atoms with van der Waals surface area (Å²) in [5, 5.41) is 0. The lowest BCUT2D eigenvalue weighted by Crippen LogP contribution is -2.21. The zero-order valence-electron chi connectivity index (χ0n) is 9.65. The van der Waals surface area contributed by atoms with Gasteiger partial charge in [-0.25, -0.2) is 0 Å². The zero-order chi connectivity index (χ0) is 11.4. The van der Waals surface area contributed by atoms with E-state index in [2.05, 4.69) is 9.88 Å². The summed E-state index contributed by atoms with van der Waals surface area (Å²) < 4.78 is 0. The van der Waals surface area contributed by atoms with E-state index in [1.807, 2.05) is 0 Å². The van der Waals surface area contributed by atoms with Gasteiger partial charge in [0.2, 0.25) is 0 Å². The van der Waals surface area contributed by atoms with Crippen LogP contribution in [-0.4, -0.2) is 29.5 Å². The first-order valence-corrected chi connectivity index (χ1v) is 5.98. The lowest BCUT2D eigenvalue weighted by molar-refractivity contribution is 0.333. The Kier molecular flexibility index (Phi) is 3.62. The number of pyridine rings is 1. The fraction of sp³-hybridized carbons (Fsp3) is 0.583. The molecule has 1 saturated heterocycles. The van der Waals surface area contributed by atoms with Gasteiger partial charge in [-0.15, -0.1) is 0 Å². The summed E-state index contributed by atoms with van der Waals surface area (Å²) in [6.07, 6.45) is 6.46. The van der Waals surface area contributed by atoms with Crippen LogP contribution in [0, 0.1) is 0 Å². The average molecular weight is 220 g/mol. The minimum Gasteiger partial charge on any atom is -0.397 e. The first-order valence-electron chi connectivity index (χ1n) is 5.98. The quantitative estimate of drug-likeness (QED) is 0.802. The predicted molar refractivity (Wildman–Crippen MR) is 67.1 cm³/mol. The highest BCUT2D eigenvalue weighted by Crippen LogP contribution is 2.18. The van der Waals surface area contributed by atoms with Crippen molar-refractivity contribution in [2.24, 2.45) is 0 Å². The van der Waals surface area contributed by atoms with Crippen molar-refractivity contribution in [3.8, 4) is 0 Å². The highest BCUT2D eigenvalue weighted by Gasteiger charge is 2.11. The molecule has 0 spiro atoms. The molecule has 0 unspecified atom stereocenters. The summed E-state index contributed by atoms with van der Waals surface area (Å²) in [5.74, 6) is 0.